The highest BCUT2D eigenvalue weighted by Gasteiger charge is 2.30. The van der Waals surface area contributed by atoms with E-state index < -0.39 is 29.5 Å². The topological polar surface area (TPSA) is 100 Å². The molecule has 0 fully saturated rings. The third-order valence-electron chi connectivity index (χ3n) is 4.33. The predicted molar refractivity (Wildman–Crippen MR) is 98.6 cm³/mol. The Labute approximate surface area is 172 Å². The molecular formula is C19H14ClF3N3O4-. The fourth-order valence-electron chi connectivity index (χ4n) is 2.88. The number of alkyl halides is 3. The van der Waals surface area contributed by atoms with Crippen LogP contribution in [0.3, 0.4) is 0 Å². The molecule has 0 aliphatic carbocycles. The van der Waals surface area contributed by atoms with Crippen molar-refractivity contribution in [1.82, 2.24) is 15.1 Å². The molecule has 0 radical (unpaired) electrons. The number of carboxylic acid groups (broad SMARTS) is 1. The minimum absolute atomic E-state index is 0.174. The summed E-state index contributed by atoms with van der Waals surface area (Å²) in [4.78, 5) is 23.6. The van der Waals surface area contributed by atoms with Crippen molar-refractivity contribution in [3.05, 3.63) is 74.7 Å². The van der Waals surface area contributed by atoms with E-state index in [1.165, 1.54) is 25.2 Å². The van der Waals surface area contributed by atoms with E-state index in [4.69, 9.17) is 16.0 Å². The van der Waals surface area contributed by atoms with Gasteiger partial charge in [-0.1, -0.05) is 17.7 Å². The van der Waals surface area contributed by atoms with Crippen molar-refractivity contribution in [1.29, 1.82) is 0 Å². The lowest BCUT2D eigenvalue weighted by Gasteiger charge is -2.21. The van der Waals surface area contributed by atoms with Crippen LogP contribution in [0.15, 0.2) is 51.7 Å². The van der Waals surface area contributed by atoms with E-state index in [0.29, 0.717) is 16.1 Å². The standard InChI is InChI=1S/C19H15ClF3N3O4/c1-24-15(17(27)28)14-7-6-13(20)8-11(14)9-26-18(29)30-16(25-26)10-2-4-12(5-3-10)19(21,22)23/h2-8,15,24H,9H2,1H3,(H,27,28)/p-1. The first kappa shape index (κ1) is 21.6. The highest BCUT2D eigenvalue weighted by molar-refractivity contribution is 6.30. The fourth-order valence-corrected chi connectivity index (χ4v) is 3.07. The molecule has 0 spiro atoms. The molecule has 7 nitrogen and oxygen atoms in total. The molecule has 1 N–H and O–H groups in total. The number of likely N-dealkylation sites (N-methyl/N-ethyl adjacent to an activating group) is 1. The Morgan fingerprint density at radius 3 is 2.50 bits per heavy atom. The number of aromatic nitrogens is 2. The summed E-state index contributed by atoms with van der Waals surface area (Å²) in [6.07, 6.45) is -4.50. The van der Waals surface area contributed by atoms with Gasteiger partial charge < -0.3 is 19.6 Å². The normalized spacial score (nSPS) is 12.7. The van der Waals surface area contributed by atoms with E-state index in [2.05, 4.69) is 10.4 Å². The number of carbonyl (C=O) groups is 1. The number of nitrogens with zero attached hydrogens (tertiary/aromatic N) is 2. The van der Waals surface area contributed by atoms with Gasteiger partial charge in [0.1, 0.15) is 0 Å². The predicted octanol–water partition coefficient (Wildman–Crippen LogP) is 2.23. The Morgan fingerprint density at radius 2 is 1.93 bits per heavy atom. The summed E-state index contributed by atoms with van der Waals surface area (Å²) in [7, 11) is 1.43. The summed E-state index contributed by atoms with van der Waals surface area (Å²) in [5, 5.41) is 18.3. The molecule has 0 aliphatic heterocycles. The van der Waals surface area contributed by atoms with Gasteiger partial charge in [-0.05, 0) is 54.6 Å². The Morgan fingerprint density at radius 1 is 1.27 bits per heavy atom. The third-order valence-corrected chi connectivity index (χ3v) is 4.56. The van der Waals surface area contributed by atoms with E-state index in [1.54, 1.807) is 0 Å². The Hall–Kier alpha value is -3.11. The number of nitrogens with one attached hydrogen (secondary N) is 1. The van der Waals surface area contributed by atoms with Crippen LogP contribution < -0.4 is 16.2 Å². The van der Waals surface area contributed by atoms with Crippen molar-refractivity contribution in [2.24, 2.45) is 0 Å². The van der Waals surface area contributed by atoms with Crippen molar-refractivity contribution in [2.75, 3.05) is 7.05 Å². The maximum Gasteiger partial charge on any atom is 0.437 e. The van der Waals surface area contributed by atoms with E-state index in [0.717, 1.165) is 28.9 Å². The van der Waals surface area contributed by atoms with Gasteiger partial charge in [0.2, 0.25) is 5.89 Å². The molecule has 30 heavy (non-hydrogen) atoms. The van der Waals surface area contributed by atoms with Crippen molar-refractivity contribution in [2.45, 2.75) is 18.8 Å². The molecule has 1 atom stereocenters. The van der Waals surface area contributed by atoms with Gasteiger partial charge in [0.15, 0.2) is 0 Å². The van der Waals surface area contributed by atoms with E-state index in [1.807, 2.05) is 0 Å². The van der Waals surface area contributed by atoms with Gasteiger partial charge in [0.05, 0.1) is 24.1 Å². The lowest BCUT2D eigenvalue weighted by atomic mass is 10.0. The minimum Gasteiger partial charge on any atom is -0.548 e. The van der Waals surface area contributed by atoms with E-state index in [9.17, 15) is 27.9 Å². The van der Waals surface area contributed by atoms with Crippen LogP contribution >= 0.6 is 11.6 Å². The molecule has 1 unspecified atom stereocenters. The number of hydrogen-bond donors (Lipinski definition) is 1. The highest BCUT2D eigenvalue weighted by Crippen LogP contribution is 2.30. The fraction of sp³-hybridized carbons (Fsp3) is 0.211. The summed E-state index contributed by atoms with van der Waals surface area (Å²) in [6, 6.07) is 7.26. The molecule has 0 saturated carbocycles. The van der Waals surface area contributed by atoms with Crippen molar-refractivity contribution in [3.8, 4) is 11.5 Å². The van der Waals surface area contributed by atoms with Crippen molar-refractivity contribution >= 4 is 17.6 Å². The van der Waals surface area contributed by atoms with Crippen LogP contribution in [-0.2, 0) is 17.5 Å². The number of carbonyl (C=O) groups excluding carboxylic acids is 1. The zero-order chi connectivity index (χ0) is 22.1. The maximum absolute atomic E-state index is 12.7. The molecule has 1 heterocycles. The van der Waals surface area contributed by atoms with Gasteiger partial charge in [0, 0.05) is 10.6 Å². The number of aliphatic carboxylic acids is 1. The largest absolute Gasteiger partial charge is 0.548 e. The van der Waals surface area contributed by atoms with Gasteiger partial charge in [0.25, 0.3) is 0 Å². The Bertz CT molecular complexity index is 1120. The van der Waals surface area contributed by atoms with Gasteiger partial charge in [-0.2, -0.15) is 17.9 Å². The molecule has 0 saturated heterocycles. The molecule has 3 aromatic rings. The monoisotopic (exact) mass is 440 g/mol. The van der Waals surface area contributed by atoms with Gasteiger partial charge in [-0.3, -0.25) is 0 Å². The van der Waals surface area contributed by atoms with Crippen molar-refractivity contribution in [3.63, 3.8) is 0 Å². The molecule has 2 aromatic carbocycles. The van der Waals surface area contributed by atoms with Gasteiger partial charge in [-0.25, -0.2) is 4.79 Å². The summed E-state index contributed by atoms with van der Waals surface area (Å²) in [5.74, 6) is -2.42. The SMILES string of the molecule is CNC(C(=O)[O-])c1ccc(Cl)cc1Cn1nc(-c2ccc(C(F)(F)F)cc2)oc1=O. The molecule has 11 heteroatoms. The van der Waals surface area contributed by atoms with Crippen LogP contribution in [0.2, 0.25) is 5.02 Å². The lowest BCUT2D eigenvalue weighted by molar-refractivity contribution is -0.308. The van der Waals surface area contributed by atoms with Crippen LogP contribution in [0.25, 0.3) is 11.5 Å². The molecular weight excluding hydrogens is 427 g/mol. The zero-order valence-corrected chi connectivity index (χ0v) is 16.1. The lowest BCUT2D eigenvalue weighted by Crippen LogP contribution is -2.37. The number of hydrogen-bond acceptors (Lipinski definition) is 6. The smallest absolute Gasteiger partial charge is 0.437 e. The number of rotatable bonds is 6. The summed E-state index contributed by atoms with van der Waals surface area (Å²) >= 11 is 6.00. The van der Waals surface area contributed by atoms with Gasteiger partial charge >= 0.3 is 11.9 Å². The van der Waals surface area contributed by atoms with Crippen LogP contribution in [0.1, 0.15) is 22.7 Å². The van der Waals surface area contributed by atoms with Gasteiger partial charge in [-0.15, -0.1) is 5.10 Å². The zero-order valence-electron chi connectivity index (χ0n) is 15.4. The first-order valence-electron chi connectivity index (χ1n) is 8.52. The first-order chi connectivity index (χ1) is 14.1. The average molecular weight is 441 g/mol. The Balaban J connectivity index is 1.95. The number of carboxylic acids is 1. The number of benzene rings is 2. The molecule has 0 bridgehead atoms. The second-order valence-electron chi connectivity index (χ2n) is 6.29. The van der Waals surface area contributed by atoms with Crippen LogP contribution in [0.5, 0.6) is 0 Å². The quantitative estimate of drug-likeness (QED) is 0.631. The Kier molecular flexibility index (Phi) is 5.99. The summed E-state index contributed by atoms with van der Waals surface area (Å²) < 4.78 is 44.1. The van der Waals surface area contributed by atoms with E-state index in [-0.39, 0.29) is 18.0 Å². The maximum atomic E-state index is 12.7. The molecule has 0 aliphatic rings. The van der Waals surface area contributed by atoms with Crippen LogP contribution in [-0.4, -0.2) is 22.8 Å². The van der Waals surface area contributed by atoms with Crippen molar-refractivity contribution < 1.29 is 27.5 Å². The first-order valence-corrected chi connectivity index (χ1v) is 8.90. The highest BCUT2D eigenvalue weighted by atomic mass is 35.5. The molecule has 1 aromatic heterocycles. The molecule has 158 valence electrons. The van der Waals surface area contributed by atoms with Crippen LogP contribution in [0, 0.1) is 0 Å². The van der Waals surface area contributed by atoms with Crippen LogP contribution in [0.4, 0.5) is 13.2 Å². The van der Waals surface area contributed by atoms with E-state index >= 15 is 0 Å². The second-order valence-corrected chi connectivity index (χ2v) is 6.73. The number of halogens is 4. The molecule has 0 amide bonds. The summed E-state index contributed by atoms with van der Waals surface area (Å²) in [6.45, 7) is -0.176. The average Bonchev–Trinajstić information content (AvgIpc) is 3.03. The minimum atomic E-state index is -4.50. The second kappa shape index (κ2) is 8.33. The molecule has 3 rings (SSSR count). The third kappa shape index (κ3) is 4.55. The summed E-state index contributed by atoms with van der Waals surface area (Å²) in [5.41, 5.74) is 0.0123.